The molecule has 4 aromatic rings. The van der Waals surface area contributed by atoms with E-state index in [1.165, 1.54) is 0 Å². The summed E-state index contributed by atoms with van der Waals surface area (Å²) in [5.41, 5.74) is 4.72. The maximum Gasteiger partial charge on any atom is 0.220 e. The maximum atomic E-state index is 12.3. The zero-order chi connectivity index (χ0) is 20.9. The summed E-state index contributed by atoms with van der Waals surface area (Å²) < 4.78 is 8.26. The number of hydrogen-bond acceptors (Lipinski definition) is 4. The van der Waals surface area contributed by atoms with Crippen molar-refractivity contribution in [2.75, 3.05) is 7.11 Å². The predicted octanol–water partition coefficient (Wildman–Crippen LogP) is 4.44. The van der Waals surface area contributed by atoms with Gasteiger partial charge in [-0.1, -0.05) is 28.1 Å². The van der Waals surface area contributed by atoms with Gasteiger partial charge in [-0.3, -0.25) is 9.36 Å². The van der Waals surface area contributed by atoms with E-state index in [1.54, 1.807) is 19.6 Å². The summed E-state index contributed by atoms with van der Waals surface area (Å²) in [5, 5.41) is 2.96. The molecule has 0 aliphatic carbocycles. The molecule has 30 heavy (non-hydrogen) atoms. The molecule has 0 saturated heterocycles. The van der Waals surface area contributed by atoms with Crippen molar-refractivity contribution < 1.29 is 9.53 Å². The lowest BCUT2D eigenvalue weighted by molar-refractivity contribution is -0.121. The van der Waals surface area contributed by atoms with Crippen LogP contribution in [0.1, 0.15) is 17.5 Å². The molecule has 2 aromatic carbocycles. The highest BCUT2D eigenvalue weighted by Gasteiger charge is 2.08. The fourth-order valence-electron chi connectivity index (χ4n) is 3.29. The first-order valence-corrected chi connectivity index (χ1v) is 10.4. The molecule has 0 aliphatic rings. The number of carbonyl (C=O) groups is 1. The van der Waals surface area contributed by atoms with Gasteiger partial charge in [-0.25, -0.2) is 9.97 Å². The largest absolute Gasteiger partial charge is 0.496 e. The molecule has 2 aromatic heterocycles. The number of pyridine rings is 1. The van der Waals surface area contributed by atoms with Crippen LogP contribution in [0.2, 0.25) is 0 Å². The Balaban J connectivity index is 1.34. The molecular weight excluding hydrogens is 444 g/mol. The molecule has 0 radical (unpaired) electrons. The molecule has 0 bridgehead atoms. The minimum absolute atomic E-state index is 0.00547. The topological polar surface area (TPSA) is 69.0 Å². The lowest BCUT2D eigenvalue weighted by Gasteiger charge is -2.10. The first-order chi connectivity index (χ1) is 14.6. The molecule has 0 aliphatic heterocycles. The van der Waals surface area contributed by atoms with Crippen LogP contribution < -0.4 is 10.1 Å². The van der Waals surface area contributed by atoms with E-state index in [9.17, 15) is 4.79 Å². The van der Waals surface area contributed by atoms with Crippen LogP contribution in [-0.2, 0) is 17.8 Å². The number of carbonyl (C=O) groups excluding carboxylic acids is 1. The van der Waals surface area contributed by atoms with E-state index < -0.39 is 0 Å². The zero-order valence-electron chi connectivity index (χ0n) is 16.5. The van der Waals surface area contributed by atoms with Crippen molar-refractivity contribution in [2.45, 2.75) is 19.4 Å². The second-order valence-electron chi connectivity index (χ2n) is 6.86. The maximum absolute atomic E-state index is 12.3. The molecule has 7 heteroatoms. The number of methoxy groups -OCH3 is 1. The van der Waals surface area contributed by atoms with Gasteiger partial charge in [0.2, 0.25) is 5.91 Å². The van der Waals surface area contributed by atoms with Gasteiger partial charge in [-0.05, 0) is 54.4 Å². The Labute approximate surface area is 183 Å². The van der Waals surface area contributed by atoms with Gasteiger partial charge in [-0.2, -0.15) is 0 Å². The Morgan fingerprint density at radius 1 is 1.13 bits per heavy atom. The van der Waals surface area contributed by atoms with Crippen LogP contribution in [0.3, 0.4) is 0 Å². The smallest absolute Gasteiger partial charge is 0.220 e. The second kappa shape index (κ2) is 9.09. The number of ether oxygens (including phenoxy) is 1. The standard InChI is InChI=1S/C23H21BrN4O2/c1-30-21-10-7-18(24)13-17(21)14-26-22(29)11-6-16-4-8-19(9-5-16)28-15-27-20-3-2-12-25-23(20)28/h2-5,7-10,12-13,15H,6,11,14H2,1H3,(H,26,29). The van der Waals surface area contributed by atoms with Gasteiger partial charge in [0.25, 0.3) is 0 Å². The van der Waals surface area contributed by atoms with Crippen LogP contribution in [0.25, 0.3) is 16.9 Å². The van der Waals surface area contributed by atoms with Gasteiger partial charge in [0.15, 0.2) is 5.65 Å². The van der Waals surface area contributed by atoms with Crippen molar-refractivity contribution in [3.8, 4) is 11.4 Å². The molecule has 0 spiro atoms. The van der Waals surface area contributed by atoms with Gasteiger partial charge < -0.3 is 10.1 Å². The summed E-state index contributed by atoms with van der Waals surface area (Å²) >= 11 is 3.45. The summed E-state index contributed by atoms with van der Waals surface area (Å²) in [5.74, 6) is 0.765. The molecule has 2 heterocycles. The molecule has 0 fully saturated rings. The average molecular weight is 465 g/mol. The Kier molecular flexibility index (Phi) is 6.09. The number of fused-ring (bicyclic) bond motifs is 1. The van der Waals surface area contributed by atoms with Crippen LogP contribution in [0.15, 0.2) is 71.6 Å². The fraction of sp³-hybridized carbons (Fsp3) is 0.174. The minimum Gasteiger partial charge on any atom is -0.496 e. The number of imidazole rings is 1. The zero-order valence-corrected chi connectivity index (χ0v) is 18.1. The summed E-state index contributed by atoms with van der Waals surface area (Å²) in [6.07, 6.45) is 4.63. The van der Waals surface area contributed by atoms with E-state index in [1.807, 2.05) is 59.2 Å². The lowest BCUT2D eigenvalue weighted by atomic mass is 10.1. The number of rotatable bonds is 7. The van der Waals surface area contributed by atoms with Gasteiger partial charge in [0.1, 0.15) is 17.6 Å². The van der Waals surface area contributed by atoms with E-state index in [0.717, 1.165) is 38.2 Å². The highest BCUT2D eigenvalue weighted by molar-refractivity contribution is 9.10. The number of halogens is 1. The van der Waals surface area contributed by atoms with E-state index >= 15 is 0 Å². The van der Waals surface area contributed by atoms with E-state index in [0.29, 0.717) is 19.4 Å². The molecule has 152 valence electrons. The van der Waals surface area contributed by atoms with E-state index in [-0.39, 0.29) is 5.91 Å². The number of amides is 1. The van der Waals surface area contributed by atoms with E-state index in [2.05, 4.69) is 31.2 Å². The van der Waals surface area contributed by atoms with Gasteiger partial charge in [-0.15, -0.1) is 0 Å². The van der Waals surface area contributed by atoms with Gasteiger partial charge >= 0.3 is 0 Å². The first kappa shape index (κ1) is 20.1. The first-order valence-electron chi connectivity index (χ1n) is 9.60. The number of hydrogen-bond donors (Lipinski definition) is 1. The monoisotopic (exact) mass is 464 g/mol. The fourth-order valence-corrected chi connectivity index (χ4v) is 3.70. The van der Waals surface area contributed by atoms with Crippen LogP contribution in [0.4, 0.5) is 0 Å². The molecule has 0 atom stereocenters. The molecular formula is C23H21BrN4O2. The van der Waals surface area contributed by atoms with Crippen LogP contribution in [0.5, 0.6) is 5.75 Å². The van der Waals surface area contributed by atoms with Crippen LogP contribution in [-0.4, -0.2) is 27.6 Å². The van der Waals surface area contributed by atoms with Crippen molar-refractivity contribution in [2.24, 2.45) is 0 Å². The third-order valence-corrected chi connectivity index (χ3v) is 5.37. The summed E-state index contributed by atoms with van der Waals surface area (Å²) in [6, 6.07) is 17.7. The van der Waals surface area contributed by atoms with Crippen molar-refractivity contribution in [3.63, 3.8) is 0 Å². The molecule has 1 N–H and O–H groups in total. The predicted molar refractivity (Wildman–Crippen MR) is 120 cm³/mol. The molecule has 0 saturated carbocycles. The van der Waals surface area contributed by atoms with Crippen molar-refractivity contribution in [3.05, 3.63) is 82.7 Å². The second-order valence-corrected chi connectivity index (χ2v) is 7.78. The Morgan fingerprint density at radius 3 is 2.77 bits per heavy atom. The average Bonchev–Trinajstić information content (AvgIpc) is 3.21. The summed E-state index contributed by atoms with van der Waals surface area (Å²) in [4.78, 5) is 21.1. The molecule has 0 unspecified atom stereocenters. The minimum atomic E-state index is 0.00547. The highest BCUT2D eigenvalue weighted by Crippen LogP contribution is 2.23. The summed E-state index contributed by atoms with van der Waals surface area (Å²) in [6.45, 7) is 0.432. The SMILES string of the molecule is COc1ccc(Br)cc1CNC(=O)CCc1ccc(-n2cnc3cccnc32)cc1. The molecule has 1 amide bonds. The van der Waals surface area contributed by atoms with Crippen molar-refractivity contribution in [1.82, 2.24) is 19.9 Å². The molecule has 4 rings (SSSR count). The normalized spacial score (nSPS) is 10.9. The third-order valence-electron chi connectivity index (χ3n) is 4.88. The molecule has 6 nitrogen and oxygen atoms in total. The van der Waals surface area contributed by atoms with E-state index in [4.69, 9.17) is 4.74 Å². The number of aromatic nitrogens is 3. The Morgan fingerprint density at radius 2 is 1.97 bits per heavy atom. The van der Waals surface area contributed by atoms with Crippen molar-refractivity contribution in [1.29, 1.82) is 0 Å². The van der Waals surface area contributed by atoms with Crippen LogP contribution in [0, 0.1) is 0 Å². The quantitative estimate of drug-likeness (QED) is 0.438. The lowest BCUT2D eigenvalue weighted by Crippen LogP contribution is -2.23. The Bertz CT molecular complexity index is 1170. The van der Waals surface area contributed by atoms with Crippen LogP contribution >= 0.6 is 15.9 Å². The number of nitrogens with one attached hydrogen (secondary N) is 1. The number of aryl methyl sites for hydroxylation is 1. The number of nitrogens with zero attached hydrogens (tertiary/aromatic N) is 3. The van der Waals surface area contributed by atoms with Gasteiger partial charge in [0.05, 0.1) is 7.11 Å². The highest BCUT2D eigenvalue weighted by atomic mass is 79.9. The number of benzene rings is 2. The van der Waals surface area contributed by atoms with Gasteiger partial charge in [0, 0.05) is 34.9 Å². The summed E-state index contributed by atoms with van der Waals surface area (Å²) in [7, 11) is 1.63. The van der Waals surface area contributed by atoms with Crippen molar-refractivity contribution >= 4 is 33.0 Å². The Hall–Kier alpha value is -3.19. The third kappa shape index (κ3) is 4.52.